The van der Waals surface area contributed by atoms with E-state index >= 15 is 0 Å². The van der Waals surface area contributed by atoms with Gasteiger partial charge in [-0.2, -0.15) is 0 Å². The highest BCUT2D eigenvalue weighted by molar-refractivity contribution is 9.10. The standard InChI is InChI=1S/C13H9BrCl2FNO/c14-8-4-10(16)12(5-9(8)15)19-13-7(6-18)2-1-3-11(13)17/h1-5H,6,18H2. The van der Waals surface area contributed by atoms with Crippen LogP contribution in [0.3, 0.4) is 0 Å². The van der Waals surface area contributed by atoms with Crippen LogP contribution >= 0.6 is 39.1 Å². The third kappa shape index (κ3) is 3.20. The van der Waals surface area contributed by atoms with Gasteiger partial charge in [0.1, 0.15) is 5.75 Å². The van der Waals surface area contributed by atoms with Crippen LogP contribution in [0.2, 0.25) is 10.0 Å². The molecule has 0 aliphatic heterocycles. The van der Waals surface area contributed by atoms with Crippen molar-refractivity contribution >= 4 is 39.1 Å². The maximum atomic E-state index is 13.8. The Kier molecular flexibility index (Phi) is 4.68. The van der Waals surface area contributed by atoms with E-state index < -0.39 is 5.82 Å². The molecule has 0 saturated carbocycles. The molecule has 2 rings (SSSR count). The van der Waals surface area contributed by atoms with Gasteiger partial charge in [-0.15, -0.1) is 0 Å². The molecule has 2 aromatic rings. The van der Waals surface area contributed by atoms with Crippen molar-refractivity contribution in [1.29, 1.82) is 0 Å². The Morgan fingerprint density at radius 2 is 1.95 bits per heavy atom. The number of halogens is 4. The zero-order chi connectivity index (χ0) is 14.0. The molecule has 100 valence electrons. The average Bonchev–Trinajstić information content (AvgIpc) is 2.38. The van der Waals surface area contributed by atoms with Crippen LogP contribution in [-0.2, 0) is 6.54 Å². The van der Waals surface area contributed by atoms with Gasteiger partial charge in [0.05, 0.1) is 10.0 Å². The molecule has 0 saturated heterocycles. The molecule has 0 aliphatic carbocycles. The topological polar surface area (TPSA) is 35.2 Å². The van der Waals surface area contributed by atoms with Crippen LogP contribution in [0.15, 0.2) is 34.8 Å². The average molecular weight is 365 g/mol. The first-order valence-corrected chi connectivity index (χ1v) is 6.87. The van der Waals surface area contributed by atoms with Crippen LogP contribution in [-0.4, -0.2) is 0 Å². The Labute approximate surface area is 128 Å². The van der Waals surface area contributed by atoms with Gasteiger partial charge in [-0.3, -0.25) is 0 Å². The number of para-hydroxylation sites is 1. The number of rotatable bonds is 3. The molecule has 0 fully saturated rings. The van der Waals surface area contributed by atoms with E-state index in [-0.39, 0.29) is 18.0 Å². The molecule has 0 radical (unpaired) electrons. The zero-order valence-corrected chi connectivity index (χ0v) is 12.7. The van der Waals surface area contributed by atoms with Gasteiger partial charge in [0.25, 0.3) is 0 Å². The summed E-state index contributed by atoms with van der Waals surface area (Å²) in [5.41, 5.74) is 6.10. The van der Waals surface area contributed by atoms with Gasteiger partial charge in [0.2, 0.25) is 0 Å². The molecule has 0 aliphatic rings. The lowest BCUT2D eigenvalue weighted by molar-refractivity contribution is 0.436. The van der Waals surface area contributed by atoms with Crippen molar-refractivity contribution in [2.75, 3.05) is 0 Å². The van der Waals surface area contributed by atoms with Crippen molar-refractivity contribution < 1.29 is 9.13 Å². The predicted molar refractivity (Wildman–Crippen MR) is 78.5 cm³/mol. The predicted octanol–water partition coefficient (Wildman–Crippen LogP) is 5.15. The van der Waals surface area contributed by atoms with Crippen molar-refractivity contribution in [2.24, 2.45) is 5.73 Å². The van der Waals surface area contributed by atoms with Gasteiger partial charge in [0, 0.05) is 22.6 Å². The summed E-state index contributed by atoms with van der Waals surface area (Å²) >= 11 is 15.2. The number of ether oxygens (including phenoxy) is 1. The Hall–Kier alpha value is -0.810. The lowest BCUT2D eigenvalue weighted by Gasteiger charge is -2.12. The van der Waals surface area contributed by atoms with Crippen LogP contribution < -0.4 is 10.5 Å². The highest BCUT2D eigenvalue weighted by Crippen LogP contribution is 2.38. The Morgan fingerprint density at radius 1 is 1.21 bits per heavy atom. The van der Waals surface area contributed by atoms with E-state index in [1.165, 1.54) is 12.1 Å². The second-order valence-corrected chi connectivity index (χ2v) is 5.40. The van der Waals surface area contributed by atoms with Crippen LogP contribution in [0, 0.1) is 5.82 Å². The molecule has 0 spiro atoms. The molecule has 0 amide bonds. The lowest BCUT2D eigenvalue weighted by Crippen LogP contribution is -2.01. The fourth-order valence-electron chi connectivity index (χ4n) is 1.52. The van der Waals surface area contributed by atoms with Gasteiger partial charge in [-0.1, -0.05) is 35.3 Å². The number of hydrogen-bond acceptors (Lipinski definition) is 2. The number of hydrogen-bond donors (Lipinski definition) is 1. The van der Waals surface area contributed by atoms with E-state index in [1.54, 1.807) is 18.2 Å². The van der Waals surface area contributed by atoms with Gasteiger partial charge in [-0.05, 0) is 28.1 Å². The van der Waals surface area contributed by atoms with Crippen LogP contribution in [0.5, 0.6) is 11.5 Å². The van der Waals surface area contributed by atoms with Gasteiger partial charge in [-0.25, -0.2) is 4.39 Å². The number of nitrogens with two attached hydrogens (primary N) is 1. The molecule has 0 unspecified atom stereocenters. The van der Waals surface area contributed by atoms with Gasteiger partial charge >= 0.3 is 0 Å². The van der Waals surface area contributed by atoms with Crippen molar-refractivity contribution in [1.82, 2.24) is 0 Å². The SMILES string of the molecule is NCc1cccc(F)c1Oc1cc(Cl)c(Br)cc1Cl. The molecule has 2 N–H and O–H groups in total. The summed E-state index contributed by atoms with van der Waals surface area (Å²) in [6, 6.07) is 7.65. The van der Waals surface area contributed by atoms with Crippen LogP contribution in [0.25, 0.3) is 0 Å². The molecule has 19 heavy (non-hydrogen) atoms. The third-order valence-electron chi connectivity index (χ3n) is 2.46. The minimum absolute atomic E-state index is 0.0605. The highest BCUT2D eigenvalue weighted by atomic mass is 79.9. The quantitative estimate of drug-likeness (QED) is 0.764. The van der Waals surface area contributed by atoms with E-state index in [1.807, 2.05) is 0 Å². The first-order chi connectivity index (χ1) is 9.02. The maximum absolute atomic E-state index is 13.8. The summed E-state index contributed by atoms with van der Waals surface area (Å²) in [5, 5.41) is 0.743. The summed E-state index contributed by atoms with van der Waals surface area (Å²) in [6.45, 7) is 0.162. The third-order valence-corrected chi connectivity index (χ3v) is 3.95. The smallest absolute Gasteiger partial charge is 0.167 e. The van der Waals surface area contributed by atoms with E-state index in [0.29, 0.717) is 20.1 Å². The largest absolute Gasteiger partial charge is 0.452 e. The Morgan fingerprint density at radius 3 is 2.63 bits per heavy atom. The summed E-state index contributed by atoms with van der Waals surface area (Å²) in [4.78, 5) is 0. The Bertz CT molecular complexity index is 622. The maximum Gasteiger partial charge on any atom is 0.167 e. The van der Waals surface area contributed by atoms with E-state index in [4.69, 9.17) is 33.7 Å². The molecule has 0 aromatic heterocycles. The molecule has 0 atom stereocenters. The minimum atomic E-state index is -0.502. The second-order valence-electron chi connectivity index (χ2n) is 3.73. The normalized spacial score (nSPS) is 10.6. The molecule has 2 aromatic carbocycles. The highest BCUT2D eigenvalue weighted by Gasteiger charge is 2.13. The zero-order valence-electron chi connectivity index (χ0n) is 9.59. The van der Waals surface area contributed by atoms with Gasteiger partial charge < -0.3 is 10.5 Å². The second kappa shape index (κ2) is 6.09. The van der Waals surface area contributed by atoms with Crippen LogP contribution in [0.1, 0.15) is 5.56 Å². The van der Waals surface area contributed by atoms with Crippen molar-refractivity contribution in [3.05, 3.63) is 56.2 Å². The molecule has 0 heterocycles. The Balaban J connectivity index is 2.44. The van der Waals surface area contributed by atoms with Crippen molar-refractivity contribution in [2.45, 2.75) is 6.54 Å². The van der Waals surface area contributed by atoms with E-state index in [9.17, 15) is 4.39 Å². The van der Waals surface area contributed by atoms with Crippen molar-refractivity contribution in [3.63, 3.8) is 0 Å². The van der Waals surface area contributed by atoms with Gasteiger partial charge in [0.15, 0.2) is 11.6 Å². The van der Waals surface area contributed by atoms with Crippen molar-refractivity contribution in [3.8, 4) is 11.5 Å². The lowest BCUT2D eigenvalue weighted by atomic mass is 10.2. The van der Waals surface area contributed by atoms with Crippen LogP contribution in [0.4, 0.5) is 4.39 Å². The number of benzene rings is 2. The summed E-state index contributed by atoms with van der Waals surface area (Å²) in [7, 11) is 0. The molecular formula is C13H9BrCl2FNO. The van der Waals surface area contributed by atoms with E-state index in [0.717, 1.165) is 0 Å². The molecule has 2 nitrogen and oxygen atoms in total. The summed E-state index contributed by atoms with van der Waals surface area (Å²) in [6.07, 6.45) is 0. The first kappa shape index (κ1) is 14.6. The summed E-state index contributed by atoms with van der Waals surface area (Å²) < 4.78 is 19.9. The molecule has 0 bridgehead atoms. The minimum Gasteiger partial charge on any atom is -0.452 e. The molecular weight excluding hydrogens is 356 g/mol. The fourth-order valence-corrected chi connectivity index (χ4v) is 2.35. The molecule has 6 heteroatoms. The monoisotopic (exact) mass is 363 g/mol. The van der Waals surface area contributed by atoms with E-state index in [2.05, 4.69) is 15.9 Å². The first-order valence-electron chi connectivity index (χ1n) is 5.32. The summed E-state index contributed by atoms with van der Waals surface area (Å²) in [5.74, 6) is -0.169. The fraction of sp³-hybridized carbons (Fsp3) is 0.0769.